The minimum atomic E-state index is -2.77. The molecule has 21 heavy (non-hydrogen) atoms. The van der Waals surface area contributed by atoms with Crippen molar-refractivity contribution in [2.24, 2.45) is 0 Å². The summed E-state index contributed by atoms with van der Waals surface area (Å²) < 4.78 is 26.4. The second kappa shape index (κ2) is 16.2. The van der Waals surface area contributed by atoms with Crippen LogP contribution in [0.4, 0.5) is 0 Å². The Bertz CT molecular complexity index is 259. The lowest BCUT2D eigenvalue weighted by Crippen LogP contribution is -2.26. The van der Waals surface area contributed by atoms with Gasteiger partial charge in [0.15, 0.2) is 0 Å². The van der Waals surface area contributed by atoms with E-state index < -0.39 is 11.0 Å². The van der Waals surface area contributed by atoms with E-state index >= 15 is 0 Å². The fourth-order valence-electron chi connectivity index (χ4n) is 2.42. The molecule has 0 aliphatic heterocycles. The molecule has 128 valence electrons. The third kappa shape index (κ3) is 16.1. The molecule has 0 amide bonds. The van der Waals surface area contributed by atoms with E-state index in [1.807, 2.05) is 0 Å². The van der Waals surface area contributed by atoms with Gasteiger partial charge in [0.05, 0.1) is 0 Å². The molecule has 0 aliphatic carbocycles. The van der Waals surface area contributed by atoms with Crippen LogP contribution in [0.1, 0.15) is 90.9 Å². The fraction of sp³-hybridized carbons (Fsp3) is 1.00. The van der Waals surface area contributed by atoms with E-state index in [2.05, 4.69) is 13.8 Å². The molecule has 5 heteroatoms. The summed E-state index contributed by atoms with van der Waals surface area (Å²) in [4.78, 5) is 0. The average molecular weight is 322 g/mol. The Morgan fingerprint density at radius 3 is 1.43 bits per heavy atom. The normalized spacial score (nSPS) is 11.6. The Labute approximate surface area is 133 Å². The van der Waals surface area contributed by atoms with Crippen LogP contribution in [-0.4, -0.2) is 26.6 Å². The Morgan fingerprint density at radius 2 is 1.05 bits per heavy atom. The molecule has 0 aromatic rings. The topological polar surface area (TPSA) is 46.6 Å². The Hall–Kier alpha value is -0.130. The van der Waals surface area contributed by atoms with Gasteiger partial charge in [0.25, 0.3) is 11.0 Å². The average Bonchev–Trinajstić information content (AvgIpc) is 2.45. The maximum Gasteiger partial charge on any atom is 0.273 e. The molecule has 0 aromatic carbocycles. The van der Waals surface area contributed by atoms with Crippen molar-refractivity contribution in [3.05, 3.63) is 0 Å². The van der Waals surface area contributed by atoms with E-state index in [9.17, 15) is 8.42 Å². The summed E-state index contributed by atoms with van der Waals surface area (Å²) >= 11 is 0. The summed E-state index contributed by atoms with van der Waals surface area (Å²) in [5.41, 5.74) is 0. The van der Waals surface area contributed by atoms with Gasteiger partial charge in [-0.15, -0.1) is 0 Å². The minimum Gasteiger partial charge on any atom is -0.201 e. The van der Waals surface area contributed by atoms with Gasteiger partial charge in [0.1, 0.15) is 0 Å². The first-order valence-corrected chi connectivity index (χ1v) is 9.87. The zero-order chi connectivity index (χ0) is 15.8. The van der Waals surface area contributed by atoms with Gasteiger partial charge in [-0.05, 0) is 12.8 Å². The highest BCUT2D eigenvalue weighted by Crippen LogP contribution is 2.09. The highest BCUT2D eigenvalue weighted by molar-refractivity contribution is 7.67. The lowest BCUT2D eigenvalue weighted by molar-refractivity contribution is -0.0490. The molecule has 0 spiro atoms. The standard InChI is InChI=1S/C16H35NO3S/c1-3-5-7-9-11-13-15-17(20-21(18)19)16-14-12-10-8-6-4-2/h21H,3-16H2,1-2H3. The van der Waals surface area contributed by atoms with Crippen LogP contribution in [0.3, 0.4) is 0 Å². The number of hydroxylamine groups is 2. The van der Waals surface area contributed by atoms with Gasteiger partial charge < -0.3 is 0 Å². The predicted octanol–water partition coefficient (Wildman–Crippen LogP) is 4.47. The van der Waals surface area contributed by atoms with Crippen LogP contribution in [-0.2, 0) is 15.3 Å². The molecule has 0 atom stereocenters. The monoisotopic (exact) mass is 321 g/mol. The van der Waals surface area contributed by atoms with E-state index in [4.69, 9.17) is 4.28 Å². The van der Waals surface area contributed by atoms with Crippen molar-refractivity contribution in [2.75, 3.05) is 13.1 Å². The number of unbranched alkanes of at least 4 members (excludes halogenated alkanes) is 10. The van der Waals surface area contributed by atoms with Gasteiger partial charge >= 0.3 is 0 Å². The largest absolute Gasteiger partial charge is 0.273 e. The third-order valence-electron chi connectivity index (χ3n) is 3.70. The van der Waals surface area contributed by atoms with Gasteiger partial charge in [0.2, 0.25) is 0 Å². The highest BCUT2D eigenvalue weighted by Gasteiger charge is 2.06. The summed E-state index contributed by atoms with van der Waals surface area (Å²) in [5, 5.41) is 1.63. The summed E-state index contributed by atoms with van der Waals surface area (Å²) in [6.45, 7) is 5.87. The van der Waals surface area contributed by atoms with Crippen molar-refractivity contribution in [1.82, 2.24) is 5.06 Å². The third-order valence-corrected chi connectivity index (χ3v) is 4.07. The molecule has 0 rings (SSSR count). The van der Waals surface area contributed by atoms with Crippen molar-refractivity contribution < 1.29 is 12.7 Å². The smallest absolute Gasteiger partial charge is 0.201 e. The molecule has 0 aromatic heterocycles. The molecular weight excluding hydrogens is 286 g/mol. The summed E-state index contributed by atoms with van der Waals surface area (Å²) in [6.07, 6.45) is 14.5. The first-order chi connectivity index (χ1) is 10.2. The molecular formula is C16H35NO3S. The zero-order valence-corrected chi connectivity index (χ0v) is 14.9. The van der Waals surface area contributed by atoms with Crippen molar-refractivity contribution in [3.63, 3.8) is 0 Å². The number of hydrogen-bond acceptors (Lipinski definition) is 4. The molecule has 4 nitrogen and oxygen atoms in total. The second-order valence-electron chi connectivity index (χ2n) is 5.77. The van der Waals surface area contributed by atoms with Gasteiger partial charge in [-0.25, -0.2) is 8.42 Å². The van der Waals surface area contributed by atoms with Gasteiger partial charge in [-0.2, -0.15) is 9.35 Å². The number of nitrogens with zero attached hydrogens (tertiary/aromatic N) is 1. The number of thiol groups is 1. The molecule has 0 radical (unpaired) electrons. The van der Waals surface area contributed by atoms with Crippen LogP contribution >= 0.6 is 0 Å². The van der Waals surface area contributed by atoms with Crippen LogP contribution < -0.4 is 0 Å². The molecule has 0 bridgehead atoms. The predicted molar refractivity (Wildman–Crippen MR) is 89.7 cm³/mol. The van der Waals surface area contributed by atoms with Crippen molar-refractivity contribution in [2.45, 2.75) is 90.9 Å². The van der Waals surface area contributed by atoms with Crippen LogP contribution in [0.2, 0.25) is 0 Å². The van der Waals surface area contributed by atoms with Gasteiger partial charge in [-0.3, -0.25) is 0 Å². The Kier molecular flexibility index (Phi) is 16.1. The molecule has 0 saturated heterocycles. The quantitative estimate of drug-likeness (QED) is 0.259. The Morgan fingerprint density at radius 1 is 0.667 bits per heavy atom. The minimum absolute atomic E-state index is 0.727. The lowest BCUT2D eigenvalue weighted by atomic mass is 10.1. The summed E-state index contributed by atoms with van der Waals surface area (Å²) in [5.74, 6) is 0. The second-order valence-corrected chi connectivity index (χ2v) is 6.38. The molecule has 0 fully saturated rings. The Balaban J connectivity index is 3.67. The van der Waals surface area contributed by atoms with Crippen LogP contribution in [0.15, 0.2) is 0 Å². The highest BCUT2D eigenvalue weighted by atomic mass is 32.2. The summed E-state index contributed by atoms with van der Waals surface area (Å²) in [7, 11) is -2.77. The maximum atomic E-state index is 10.7. The van der Waals surface area contributed by atoms with Gasteiger partial charge in [0, 0.05) is 13.1 Å². The molecule has 0 unspecified atom stereocenters. The van der Waals surface area contributed by atoms with Crippen LogP contribution in [0, 0.1) is 0 Å². The van der Waals surface area contributed by atoms with E-state index in [1.54, 1.807) is 5.06 Å². The lowest BCUT2D eigenvalue weighted by Gasteiger charge is -2.17. The van der Waals surface area contributed by atoms with E-state index in [-0.39, 0.29) is 0 Å². The first kappa shape index (κ1) is 20.9. The molecule has 0 heterocycles. The molecule has 0 saturated carbocycles. The number of hydrogen-bond donors (Lipinski definition) is 1. The fourth-order valence-corrected chi connectivity index (χ4v) is 2.78. The zero-order valence-electron chi connectivity index (χ0n) is 14.0. The molecule has 0 aliphatic rings. The summed E-state index contributed by atoms with van der Waals surface area (Å²) in [6, 6.07) is 0. The van der Waals surface area contributed by atoms with Crippen molar-refractivity contribution >= 4 is 11.0 Å². The number of rotatable bonds is 16. The van der Waals surface area contributed by atoms with E-state index in [1.165, 1.54) is 51.4 Å². The molecule has 0 N–H and O–H groups in total. The van der Waals surface area contributed by atoms with Crippen molar-refractivity contribution in [1.29, 1.82) is 0 Å². The maximum absolute atomic E-state index is 10.7. The van der Waals surface area contributed by atoms with E-state index in [0.717, 1.165) is 38.8 Å². The van der Waals surface area contributed by atoms with Crippen LogP contribution in [0.5, 0.6) is 0 Å². The first-order valence-electron chi connectivity index (χ1n) is 8.78. The van der Waals surface area contributed by atoms with Gasteiger partial charge in [-0.1, -0.05) is 78.1 Å². The van der Waals surface area contributed by atoms with Crippen molar-refractivity contribution in [3.8, 4) is 0 Å². The van der Waals surface area contributed by atoms with E-state index in [0.29, 0.717) is 0 Å². The SMILES string of the molecule is CCCCCCCCN(CCCCCCCC)O[SH](=O)=O. The van der Waals surface area contributed by atoms with Crippen LogP contribution in [0.25, 0.3) is 0 Å².